The van der Waals surface area contributed by atoms with E-state index in [0.29, 0.717) is 5.92 Å². The van der Waals surface area contributed by atoms with Gasteiger partial charge in [0.15, 0.2) is 5.43 Å². The molecule has 2 aromatic rings. The average Bonchev–Trinajstić information content (AvgIpc) is 2.68. The summed E-state index contributed by atoms with van der Waals surface area (Å²) in [7, 11) is 2.13. The van der Waals surface area contributed by atoms with E-state index in [1.807, 2.05) is 32.2 Å². The highest BCUT2D eigenvalue weighted by atomic mass is 19.1. The lowest BCUT2D eigenvalue weighted by Crippen LogP contribution is -2.41. The molecule has 5 heteroatoms. The van der Waals surface area contributed by atoms with E-state index in [1.165, 1.54) is 18.4 Å². The molecule has 1 N–H and O–H groups in total. The molecule has 0 amide bonds. The van der Waals surface area contributed by atoms with Crippen molar-refractivity contribution in [3.05, 3.63) is 68.9 Å². The van der Waals surface area contributed by atoms with Crippen LogP contribution >= 0.6 is 0 Å². The van der Waals surface area contributed by atoms with Gasteiger partial charge in [-0.3, -0.25) is 4.79 Å². The number of aromatic amines is 1. The van der Waals surface area contributed by atoms with Gasteiger partial charge in [0.25, 0.3) is 0 Å². The monoisotopic (exact) mass is 385 g/mol. The zero-order valence-electron chi connectivity index (χ0n) is 17.3. The summed E-state index contributed by atoms with van der Waals surface area (Å²) in [6.07, 6.45) is 5.26. The van der Waals surface area contributed by atoms with E-state index in [9.17, 15) is 9.18 Å². The van der Waals surface area contributed by atoms with Crippen LogP contribution in [0.4, 0.5) is 4.39 Å². The Morgan fingerprint density at radius 3 is 2.75 bits per heavy atom. The van der Waals surface area contributed by atoms with Gasteiger partial charge in [0.1, 0.15) is 5.82 Å². The van der Waals surface area contributed by atoms with Gasteiger partial charge in [-0.05, 0) is 70.3 Å². The largest absolute Gasteiger partial charge is 0.363 e. The average molecular weight is 386 g/mol. The van der Waals surface area contributed by atoms with Crippen LogP contribution in [0.3, 0.4) is 0 Å². The molecule has 1 aromatic carbocycles. The zero-order chi connectivity index (χ0) is 20.1. The van der Waals surface area contributed by atoms with Crippen LogP contribution in [0.2, 0.25) is 0 Å². The molecule has 0 saturated carbocycles. The van der Waals surface area contributed by atoms with E-state index in [0.717, 1.165) is 56.0 Å². The van der Waals surface area contributed by atoms with E-state index in [4.69, 9.17) is 0 Å². The van der Waals surface area contributed by atoms with E-state index < -0.39 is 0 Å². The summed E-state index contributed by atoms with van der Waals surface area (Å²) < 4.78 is 13.0. The Kier molecular flexibility index (Phi) is 7.03. The molecular formula is C23H32FN3O. The van der Waals surface area contributed by atoms with Crippen LogP contribution in [0.1, 0.15) is 35.2 Å². The molecule has 28 heavy (non-hydrogen) atoms. The van der Waals surface area contributed by atoms with Crippen LogP contribution in [-0.2, 0) is 13.0 Å². The molecule has 1 aromatic heterocycles. The first-order valence-electron chi connectivity index (χ1n) is 10.3. The molecule has 152 valence electrons. The van der Waals surface area contributed by atoms with Crippen LogP contribution in [0.25, 0.3) is 0 Å². The highest BCUT2D eigenvalue weighted by Crippen LogP contribution is 2.19. The minimum absolute atomic E-state index is 0.145. The molecule has 0 spiro atoms. The number of aryl methyl sites for hydroxylation is 1. The Morgan fingerprint density at radius 2 is 2.00 bits per heavy atom. The molecule has 1 fully saturated rings. The second-order valence-corrected chi connectivity index (χ2v) is 8.29. The van der Waals surface area contributed by atoms with Crippen LogP contribution < -0.4 is 5.43 Å². The third kappa shape index (κ3) is 5.52. The molecule has 4 nitrogen and oxygen atoms in total. The van der Waals surface area contributed by atoms with Crippen molar-refractivity contribution >= 4 is 0 Å². The Hall–Kier alpha value is -1.98. The predicted molar refractivity (Wildman–Crippen MR) is 112 cm³/mol. The van der Waals surface area contributed by atoms with E-state index in [-0.39, 0.29) is 11.2 Å². The minimum Gasteiger partial charge on any atom is -0.363 e. The summed E-state index contributed by atoms with van der Waals surface area (Å²) >= 11 is 0. The molecule has 3 rings (SSSR count). The number of halogens is 1. The number of likely N-dealkylation sites (tertiary alicyclic amines) is 1. The highest BCUT2D eigenvalue weighted by molar-refractivity contribution is 5.23. The topological polar surface area (TPSA) is 39.3 Å². The van der Waals surface area contributed by atoms with Crippen molar-refractivity contribution in [3.8, 4) is 0 Å². The molecule has 1 aliphatic heterocycles. The van der Waals surface area contributed by atoms with Gasteiger partial charge in [-0.25, -0.2) is 4.39 Å². The Labute approximate surface area is 167 Å². The molecule has 1 saturated heterocycles. The van der Waals surface area contributed by atoms with Crippen molar-refractivity contribution in [1.29, 1.82) is 0 Å². The maximum absolute atomic E-state index is 13.0. The van der Waals surface area contributed by atoms with E-state index in [2.05, 4.69) is 21.8 Å². The van der Waals surface area contributed by atoms with Gasteiger partial charge in [-0.2, -0.15) is 0 Å². The number of piperidine rings is 1. The second-order valence-electron chi connectivity index (χ2n) is 8.29. The van der Waals surface area contributed by atoms with Crippen molar-refractivity contribution in [2.24, 2.45) is 5.92 Å². The summed E-state index contributed by atoms with van der Waals surface area (Å²) in [4.78, 5) is 20.3. The molecule has 2 heterocycles. The number of hydrogen-bond donors (Lipinski definition) is 1. The van der Waals surface area contributed by atoms with Crippen molar-refractivity contribution < 1.29 is 4.39 Å². The van der Waals surface area contributed by atoms with E-state index in [1.54, 1.807) is 12.1 Å². The number of rotatable bonds is 7. The van der Waals surface area contributed by atoms with Crippen LogP contribution in [-0.4, -0.2) is 48.0 Å². The first-order valence-corrected chi connectivity index (χ1v) is 10.3. The summed E-state index contributed by atoms with van der Waals surface area (Å²) in [6.45, 7) is 8.83. The fourth-order valence-electron chi connectivity index (χ4n) is 4.18. The lowest BCUT2D eigenvalue weighted by Gasteiger charge is -2.34. The third-order valence-electron chi connectivity index (χ3n) is 5.85. The van der Waals surface area contributed by atoms with Gasteiger partial charge in [0.05, 0.1) is 0 Å². The van der Waals surface area contributed by atoms with Crippen molar-refractivity contribution in [2.45, 2.75) is 39.7 Å². The molecule has 0 aliphatic carbocycles. The molecule has 0 bridgehead atoms. The predicted octanol–water partition coefficient (Wildman–Crippen LogP) is 3.52. The maximum Gasteiger partial charge on any atom is 0.187 e. The lowest BCUT2D eigenvalue weighted by atomic mass is 9.97. The standard InChI is InChI=1S/C23H32FN3O/c1-17-13-25-22(18(2)23(17)28)16-26(3)14-20-5-4-11-27(15-20)12-10-19-6-8-21(24)9-7-19/h6-9,13,20H,4-5,10-12,14-16H2,1-3H3,(H,25,28)/t20-/m0/s1. The summed E-state index contributed by atoms with van der Waals surface area (Å²) in [6, 6.07) is 6.85. The zero-order valence-corrected chi connectivity index (χ0v) is 17.3. The van der Waals surface area contributed by atoms with Crippen LogP contribution in [0.15, 0.2) is 35.3 Å². The Balaban J connectivity index is 1.49. The molecule has 1 atom stereocenters. The van der Waals surface area contributed by atoms with Crippen molar-refractivity contribution in [2.75, 3.05) is 33.2 Å². The fraction of sp³-hybridized carbons (Fsp3) is 0.522. The Morgan fingerprint density at radius 1 is 1.25 bits per heavy atom. The minimum atomic E-state index is -0.171. The van der Waals surface area contributed by atoms with Gasteiger partial charge >= 0.3 is 0 Å². The van der Waals surface area contributed by atoms with Gasteiger partial charge in [0, 0.05) is 49.2 Å². The molecular weight excluding hydrogens is 353 g/mol. The maximum atomic E-state index is 13.0. The summed E-state index contributed by atoms with van der Waals surface area (Å²) in [5.74, 6) is 0.472. The highest BCUT2D eigenvalue weighted by Gasteiger charge is 2.21. The normalized spacial score (nSPS) is 18.0. The van der Waals surface area contributed by atoms with E-state index >= 15 is 0 Å². The SMILES string of the molecule is Cc1c[nH]c(CN(C)C[C@@H]2CCCN(CCc3ccc(F)cc3)C2)c(C)c1=O. The molecule has 0 unspecified atom stereocenters. The number of hydrogen-bond acceptors (Lipinski definition) is 3. The van der Waals surface area contributed by atoms with Crippen molar-refractivity contribution in [1.82, 2.24) is 14.8 Å². The number of pyridine rings is 1. The fourth-order valence-corrected chi connectivity index (χ4v) is 4.18. The van der Waals surface area contributed by atoms with Crippen molar-refractivity contribution in [3.63, 3.8) is 0 Å². The number of nitrogens with one attached hydrogen (secondary N) is 1. The smallest absolute Gasteiger partial charge is 0.187 e. The van der Waals surface area contributed by atoms with Crippen LogP contribution in [0, 0.1) is 25.6 Å². The number of benzene rings is 1. The number of H-pyrrole nitrogens is 1. The van der Waals surface area contributed by atoms with Gasteiger partial charge in [-0.15, -0.1) is 0 Å². The third-order valence-corrected chi connectivity index (χ3v) is 5.85. The summed E-state index contributed by atoms with van der Waals surface area (Å²) in [5, 5.41) is 0. The Bertz CT molecular complexity index is 831. The summed E-state index contributed by atoms with van der Waals surface area (Å²) in [5.41, 5.74) is 3.96. The first-order chi connectivity index (χ1) is 13.4. The van der Waals surface area contributed by atoms with Crippen LogP contribution in [0.5, 0.6) is 0 Å². The quantitative estimate of drug-likeness (QED) is 0.793. The second kappa shape index (κ2) is 9.48. The molecule has 1 aliphatic rings. The van der Waals surface area contributed by atoms with Gasteiger partial charge in [0.2, 0.25) is 0 Å². The first kappa shape index (κ1) is 20.7. The number of nitrogens with zero attached hydrogens (tertiary/aromatic N) is 2. The number of aromatic nitrogens is 1. The van der Waals surface area contributed by atoms with Gasteiger partial charge < -0.3 is 14.8 Å². The molecule has 0 radical (unpaired) electrons. The van der Waals surface area contributed by atoms with Gasteiger partial charge in [-0.1, -0.05) is 12.1 Å². The lowest BCUT2D eigenvalue weighted by molar-refractivity contribution is 0.142.